The van der Waals surface area contributed by atoms with Crippen molar-refractivity contribution in [2.24, 2.45) is 0 Å². The van der Waals surface area contributed by atoms with Gasteiger partial charge in [0.05, 0.1) is 5.69 Å². The number of nitrogens with zero attached hydrogens (tertiary/aromatic N) is 1. The molecule has 3 heteroatoms. The molecule has 0 unspecified atom stereocenters. The molecule has 0 aliphatic rings. The summed E-state index contributed by atoms with van der Waals surface area (Å²) in [5.41, 5.74) is 3.58. The van der Waals surface area contributed by atoms with Crippen LogP contribution in [0.15, 0.2) is 79.0 Å². The van der Waals surface area contributed by atoms with Crippen LogP contribution in [0, 0.1) is 11.6 Å². The van der Waals surface area contributed by atoms with Crippen molar-refractivity contribution in [3.05, 3.63) is 90.6 Å². The number of hydrogen-bond donors (Lipinski definition) is 0. The molecule has 0 spiro atoms. The second-order valence-corrected chi connectivity index (χ2v) is 5.61. The Morgan fingerprint density at radius 3 is 1.83 bits per heavy atom. The summed E-state index contributed by atoms with van der Waals surface area (Å²) >= 11 is 0. The van der Waals surface area contributed by atoms with Gasteiger partial charge in [-0.15, -0.1) is 0 Å². The third kappa shape index (κ3) is 2.65. The fourth-order valence-corrected chi connectivity index (χ4v) is 2.83. The lowest BCUT2D eigenvalue weighted by Gasteiger charge is -2.09. The molecule has 0 bridgehead atoms. The number of halogens is 2. The van der Waals surface area contributed by atoms with Crippen molar-refractivity contribution < 1.29 is 8.78 Å². The highest BCUT2D eigenvalue weighted by Gasteiger charge is 2.08. The molecule has 1 nitrogen and oxygen atoms in total. The van der Waals surface area contributed by atoms with Crippen LogP contribution in [0.3, 0.4) is 0 Å². The smallest absolute Gasteiger partial charge is 0.123 e. The van der Waals surface area contributed by atoms with Gasteiger partial charge in [0.1, 0.15) is 11.6 Å². The average molecular weight is 317 g/mol. The van der Waals surface area contributed by atoms with Gasteiger partial charge in [-0.2, -0.15) is 0 Å². The van der Waals surface area contributed by atoms with Crippen LogP contribution in [0.25, 0.3) is 33.2 Å². The summed E-state index contributed by atoms with van der Waals surface area (Å²) in [4.78, 5) is 4.47. The summed E-state index contributed by atoms with van der Waals surface area (Å²) in [6.07, 6.45) is 1.75. The topological polar surface area (TPSA) is 12.9 Å². The average Bonchev–Trinajstić information content (AvgIpc) is 2.62. The molecule has 1 heterocycles. The molecule has 0 aliphatic carbocycles. The van der Waals surface area contributed by atoms with E-state index in [1.54, 1.807) is 30.5 Å². The van der Waals surface area contributed by atoms with Gasteiger partial charge in [0.2, 0.25) is 0 Å². The second-order valence-electron chi connectivity index (χ2n) is 5.61. The Balaban J connectivity index is 1.90. The van der Waals surface area contributed by atoms with E-state index in [0.29, 0.717) is 0 Å². The minimum Gasteiger partial charge on any atom is -0.256 e. The van der Waals surface area contributed by atoms with Crippen molar-refractivity contribution in [3.8, 4) is 22.4 Å². The van der Waals surface area contributed by atoms with Crippen molar-refractivity contribution >= 4 is 10.8 Å². The highest BCUT2D eigenvalue weighted by Crippen LogP contribution is 2.30. The van der Waals surface area contributed by atoms with E-state index in [0.717, 1.165) is 33.2 Å². The van der Waals surface area contributed by atoms with Crippen LogP contribution in [0.2, 0.25) is 0 Å². The van der Waals surface area contributed by atoms with Crippen LogP contribution in [-0.4, -0.2) is 4.98 Å². The van der Waals surface area contributed by atoms with Crippen LogP contribution < -0.4 is 0 Å². The Bertz CT molecular complexity index is 1010. The minimum absolute atomic E-state index is 0.256. The molecule has 0 N–H and O–H groups in total. The zero-order chi connectivity index (χ0) is 16.5. The van der Waals surface area contributed by atoms with E-state index in [4.69, 9.17) is 0 Å². The van der Waals surface area contributed by atoms with Crippen LogP contribution in [0.4, 0.5) is 8.78 Å². The number of aromatic nitrogens is 1. The maximum atomic E-state index is 13.2. The van der Waals surface area contributed by atoms with Gasteiger partial charge in [0, 0.05) is 17.1 Å². The number of pyridine rings is 1. The molecule has 4 aromatic rings. The van der Waals surface area contributed by atoms with Gasteiger partial charge in [-0.05, 0) is 65.0 Å². The van der Waals surface area contributed by atoms with Gasteiger partial charge in [-0.3, -0.25) is 4.98 Å². The lowest BCUT2D eigenvalue weighted by molar-refractivity contribution is 0.627. The summed E-state index contributed by atoms with van der Waals surface area (Å²) in [5, 5.41) is 2.03. The highest BCUT2D eigenvalue weighted by atomic mass is 19.1. The largest absolute Gasteiger partial charge is 0.256 e. The normalized spacial score (nSPS) is 10.9. The maximum Gasteiger partial charge on any atom is 0.123 e. The first-order valence-electron chi connectivity index (χ1n) is 7.61. The maximum absolute atomic E-state index is 13.2. The molecule has 0 saturated heterocycles. The van der Waals surface area contributed by atoms with E-state index in [-0.39, 0.29) is 11.6 Å². The number of rotatable bonds is 2. The van der Waals surface area contributed by atoms with Gasteiger partial charge in [0.25, 0.3) is 0 Å². The molecule has 0 fully saturated rings. The van der Waals surface area contributed by atoms with E-state index in [1.165, 1.54) is 24.3 Å². The lowest BCUT2D eigenvalue weighted by Crippen LogP contribution is -1.88. The Kier molecular flexibility index (Phi) is 3.54. The van der Waals surface area contributed by atoms with E-state index in [2.05, 4.69) is 4.98 Å². The molecule has 4 rings (SSSR count). The van der Waals surface area contributed by atoms with Crippen molar-refractivity contribution in [2.45, 2.75) is 0 Å². The number of benzene rings is 3. The Morgan fingerprint density at radius 2 is 1.17 bits per heavy atom. The van der Waals surface area contributed by atoms with Crippen LogP contribution in [-0.2, 0) is 0 Å². The molecule has 0 aliphatic heterocycles. The molecule has 0 amide bonds. The van der Waals surface area contributed by atoms with E-state index in [1.807, 2.05) is 24.3 Å². The SMILES string of the molecule is Fc1ccc(-c2ccc3ccnc(-c4ccc(F)cc4)c3c2)cc1. The van der Waals surface area contributed by atoms with E-state index in [9.17, 15) is 8.78 Å². The highest BCUT2D eigenvalue weighted by molar-refractivity contribution is 5.97. The predicted octanol–water partition coefficient (Wildman–Crippen LogP) is 5.85. The van der Waals surface area contributed by atoms with Gasteiger partial charge < -0.3 is 0 Å². The molecular formula is C21H13F2N. The monoisotopic (exact) mass is 317 g/mol. The molecule has 116 valence electrons. The zero-order valence-corrected chi connectivity index (χ0v) is 12.7. The third-order valence-corrected chi connectivity index (χ3v) is 4.06. The van der Waals surface area contributed by atoms with Crippen molar-refractivity contribution in [1.29, 1.82) is 0 Å². The third-order valence-electron chi connectivity index (χ3n) is 4.06. The molecule has 3 aromatic carbocycles. The van der Waals surface area contributed by atoms with Gasteiger partial charge in [-0.1, -0.05) is 24.3 Å². The number of hydrogen-bond acceptors (Lipinski definition) is 1. The summed E-state index contributed by atoms with van der Waals surface area (Å²) in [6, 6.07) is 20.7. The van der Waals surface area contributed by atoms with E-state index < -0.39 is 0 Å². The first kappa shape index (κ1) is 14.5. The standard InChI is InChI=1S/C21H13F2N/c22-18-7-3-14(4-8-18)17-2-1-15-11-12-24-21(20(15)13-17)16-5-9-19(23)10-6-16/h1-13H. The molecule has 0 atom stereocenters. The van der Waals surface area contributed by atoms with Crippen LogP contribution >= 0.6 is 0 Å². The van der Waals surface area contributed by atoms with Crippen molar-refractivity contribution in [2.75, 3.05) is 0 Å². The number of fused-ring (bicyclic) bond motifs is 1. The first-order chi connectivity index (χ1) is 11.7. The molecule has 1 aromatic heterocycles. The Morgan fingerprint density at radius 1 is 0.583 bits per heavy atom. The second kappa shape index (κ2) is 5.85. The molecule has 0 saturated carbocycles. The zero-order valence-electron chi connectivity index (χ0n) is 12.7. The quantitative estimate of drug-likeness (QED) is 0.452. The summed E-state index contributed by atoms with van der Waals surface area (Å²) < 4.78 is 26.3. The lowest BCUT2D eigenvalue weighted by atomic mass is 9.98. The summed E-state index contributed by atoms with van der Waals surface area (Å²) in [5.74, 6) is -0.529. The van der Waals surface area contributed by atoms with Gasteiger partial charge >= 0.3 is 0 Å². The fraction of sp³-hybridized carbons (Fsp3) is 0. The Labute approximate surface area is 138 Å². The first-order valence-corrected chi connectivity index (χ1v) is 7.61. The molecule has 24 heavy (non-hydrogen) atoms. The Hall–Kier alpha value is -3.07. The van der Waals surface area contributed by atoms with E-state index >= 15 is 0 Å². The van der Waals surface area contributed by atoms with Crippen molar-refractivity contribution in [1.82, 2.24) is 4.98 Å². The molecular weight excluding hydrogens is 304 g/mol. The van der Waals surface area contributed by atoms with Gasteiger partial charge in [-0.25, -0.2) is 8.78 Å². The fourth-order valence-electron chi connectivity index (χ4n) is 2.83. The summed E-state index contributed by atoms with van der Waals surface area (Å²) in [6.45, 7) is 0. The molecule has 0 radical (unpaired) electrons. The van der Waals surface area contributed by atoms with Crippen LogP contribution in [0.5, 0.6) is 0 Å². The predicted molar refractivity (Wildman–Crippen MR) is 92.5 cm³/mol. The minimum atomic E-state index is -0.272. The van der Waals surface area contributed by atoms with Gasteiger partial charge in [0.15, 0.2) is 0 Å². The summed E-state index contributed by atoms with van der Waals surface area (Å²) in [7, 11) is 0. The van der Waals surface area contributed by atoms with Crippen LogP contribution in [0.1, 0.15) is 0 Å². The van der Waals surface area contributed by atoms with Crippen molar-refractivity contribution in [3.63, 3.8) is 0 Å².